The Labute approximate surface area is 121 Å². The summed E-state index contributed by atoms with van der Waals surface area (Å²) in [5, 5.41) is 0.233. The number of fused-ring (bicyclic) bond motifs is 1. The molecule has 20 heavy (non-hydrogen) atoms. The van der Waals surface area contributed by atoms with Gasteiger partial charge in [0.2, 0.25) is 10.0 Å². The Morgan fingerprint density at radius 2 is 1.70 bits per heavy atom. The van der Waals surface area contributed by atoms with Crippen LogP contribution in [0.3, 0.4) is 0 Å². The van der Waals surface area contributed by atoms with Crippen LogP contribution in [0.2, 0.25) is 5.02 Å². The van der Waals surface area contributed by atoms with E-state index in [-0.39, 0.29) is 16.3 Å². The number of halogens is 1. The minimum Gasteiger partial charge on any atom is -0.268 e. The lowest BCUT2D eigenvalue weighted by atomic mass is 10.1. The molecule has 0 aromatic heterocycles. The summed E-state index contributed by atoms with van der Waals surface area (Å²) in [6.45, 7) is 0. The van der Waals surface area contributed by atoms with E-state index in [1.54, 1.807) is 42.5 Å². The molecule has 1 aliphatic heterocycles. The molecule has 0 fully saturated rings. The number of carbonyl (C=O) groups is 1. The monoisotopic (exact) mass is 307 g/mol. The summed E-state index contributed by atoms with van der Waals surface area (Å²) in [6, 6.07) is 13.2. The molecule has 1 amide bonds. The summed E-state index contributed by atoms with van der Waals surface area (Å²) >= 11 is 5.98. The van der Waals surface area contributed by atoms with Crippen LogP contribution in [0.25, 0.3) is 0 Å². The number of amides is 1. The molecule has 102 valence electrons. The summed E-state index contributed by atoms with van der Waals surface area (Å²) in [6.07, 6.45) is 0. The number of nitrogens with zero attached hydrogens (tertiary/aromatic N) is 1. The van der Waals surface area contributed by atoms with E-state index in [0.29, 0.717) is 11.3 Å². The Morgan fingerprint density at radius 1 is 1.05 bits per heavy atom. The van der Waals surface area contributed by atoms with E-state index in [1.165, 1.54) is 6.07 Å². The van der Waals surface area contributed by atoms with Gasteiger partial charge in [0.15, 0.2) is 0 Å². The van der Waals surface area contributed by atoms with Crippen molar-refractivity contribution in [2.45, 2.75) is 5.75 Å². The quantitative estimate of drug-likeness (QED) is 0.814. The van der Waals surface area contributed by atoms with Gasteiger partial charge in [0.25, 0.3) is 5.91 Å². The van der Waals surface area contributed by atoms with E-state index in [4.69, 9.17) is 11.6 Å². The van der Waals surface area contributed by atoms with E-state index in [1.807, 2.05) is 0 Å². The molecule has 0 aliphatic carbocycles. The highest BCUT2D eigenvalue weighted by Crippen LogP contribution is 2.35. The van der Waals surface area contributed by atoms with Gasteiger partial charge in [0.1, 0.15) is 0 Å². The molecule has 1 aliphatic rings. The number of hydrogen-bond donors (Lipinski definition) is 0. The number of sulfonamides is 1. The Hall–Kier alpha value is -1.85. The molecular formula is C14H10ClNO3S. The maximum absolute atomic E-state index is 12.5. The van der Waals surface area contributed by atoms with Gasteiger partial charge in [0.05, 0.1) is 22.0 Å². The lowest BCUT2D eigenvalue weighted by Crippen LogP contribution is -2.33. The fraction of sp³-hybridized carbons (Fsp3) is 0.0714. The first-order valence-corrected chi connectivity index (χ1v) is 7.89. The van der Waals surface area contributed by atoms with Crippen LogP contribution < -0.4 is 4.31 Å². The summed E-state index contributed by atoms with van der Waals surface area (Å²) in [4.78, 5) is 12.5. The van der Waals surface area contributed by atoms with E-state index in [2.05, 4.69) is 0 Å². The van der Waals surface area contributed by atoms with Gasteiger partial charge in [0, 0.05) is 0 Å². The Bertz CT molecular complexity index is 802. The number of carbonyl (C=O) groups excluding carboxylic acids is 1. The summed E-state index contributed by atoms with van der Waals surface area (Å²) < 4.78 is 25.3. The lowest BCUT2D eigenvalue weighted by molar-refractivity contribution is 0.101. The van der Waals surface area contributed by atoms with E-state index >= 15 is 0 Å². The standard InChI is InChI=1S/C14H10ClNO3S/c15-12-7-3-2-6-11(12)14(17)16-13-8-4-1-5-10(13)9-20(16,18)19/h1-8H,9H2. The predicted molar refractivity (Wildman–Crippen MR) is 77.3 cm³/mol. The van der Waals surface area contributed by atoms with Crippen molar-refractivity contribution in [3.63, 3.8) is 0 Å². The average molecular weight is 308 g/mol. The summed E-state index contributed by atoms with van der Waals surface area (Å²) in [5.74, 6) is -0.792. The third-order valence-corrected chi connectivity index (χ3v) is 5.04. The van der Waals surface area contributed by atoms with Crippen LogP contribution in [0.1, 0.15) is 15.9 Å². The molecule has 2 aromatic rings. The normalized spacial score (nSPS) is 15.9. The molecule has 0 N–H and O–H groups in total. The number of benzene rings is 2. The summed E-state index contributed by atoms with van der Waals surface area (Å²) in [5.41, 5.74) is 1.19. The molecule has 0 saturated heterocycles. The molecule has 0 saturated carbocycles. The zero-order chi connectivity index (χ0) is 14.3. The second-order valence-corrected chi connectivity index (χ2v) is 6.66. The van der Waals surface area contributed by atoms with Gasteiger partial charge in [-0.1, -0.05) is 41.9 Å². The zero-order valence-electron chi connectivity index (χ0n) is 10.3. The van der Waals surface area contributed by atoms with Crippen molar-refractivity contribution in [2.24, 2.45) is 0 Å². The average Bonchev–Trinajstić information content (AvgIpc) is 2.68. The molecule has 0 spiro atoms. The Kier molecular flexibility index (Phi) is 3.03. The second kappa shape index (κ2) is 4.61. The van der Waals surface area contributed by atoms with Crippen LogP contribution in [-0.4, -0.2) is 14.3 Å². The van der Waals surface area contributed by atoms with Gasteiger partial charge in [-0.15, -0.1) is 0 Å². The predicted octanol–water partition coefficient (Wildman–Crippen LogP) is 2.83. The van der Waals surface area contributed by atoms with Gasteiger partial charge in [-0.2, -0.15) is 0 Å². The zero-order valence-corrected chi connectivity index (χ0v) is 11.9. The minimum atomic E-state index is -3.69. The maximum atomic E-state index is 12.5. The van der Waals surface area contributed by atoms with Crippen molar-refractivity contribution in [2.75, 3.05) is 4.31 Å². The minimum absolute atomic E-state index is 0.167. The molecule has 0 bridgehead atoms. The van der Waals surface area contributed by atoms with Crippen molar-refractivity contribution in [3.8, 4) is 0 Å². The molecule has 3 rings (SSSR count). The van der Waals surface area contributed by atoms with Crippen molar-refractivity contribution < 1.29 is 13.2 Å². The third kappa shape index (κ3) is 1.99. The highest BCUT2D eigenvalue weighted by molar-refractivity contribution is 7.93. The van der Waals surface area contributed by atoms with Crippen LogP contribution in [0.5, 0.6) is 0 Å². The first kappa shape index (κ1) is 13.1. The van der Waals surface area contributed by atoms with Crippen LogP contribution in [0, 0.1) is 0 Å². The molecule has 0 unspecified atom stereocenters. The molecule has 0 radical (unpaired) electrons. The number of rotatable bonds is 1. The van der Waals surface area contributed by atoms with Crippen molar-refractivity contribution in [1.82, 2.24) is 0 Å². The Morgan fingerprint density at radius 3 is 2.45 bits per heavy atom. The fourth-order valence-electron chi connectivity index (χ4n) is 2.22. The van der Waals surface area contributed by atoms with Crippen molar-refractivity contribution in [3.05, 3.63) is 64.7 Å². The molecule has 0 atom stereocenters. The van der Waals surface area contributed by atoms with Gasteiger partial charge >= 0.3 is 0 Å². The van der Waals surface area contributed by atoms with E-state index in [0.717, 1.165) is 4.31 Å². The number of para-hydroxylation sites is 1. The molecule has 6 heteroatoms. The molecule has 1 heterocycles. The van der Waals surface area contributed by atoms with Crippen molar-refractivity contribution in [1.29, 1.82) is 0 Å². The first-order chi connectivity index (χ1) is 9.50. The van der Waals surface area contributed by atoms with Crippen LogP contribution in [-0.2, 0) is 15.8 Å². The van der Waals surface area contributed by atoms with Crippen LogP contribution in [0.15, 0.2) is 48.5 Å². The largest absolute Gasteiger partial charge is 0.273 e. The van der Waals surface area contributed by atoms with Crippen LogP contribution >= 0.6 is 11.6 Å². The highest BCUT2D eigenvalue weighted by Gasteiger charge is 2.38. The lowest BCUT2D eigenvalue weighted by Gasteiger charge is -2.16. The van der Waals surface area contributed by atoms with E-state index in [9.17, 15) is 13.2 Å². The fourth-order valence-corrected chi connectivity index (χ4v) is 4.03. The topological polar surface area (TPSA) is 54.5 Å². The summed E-state index contributed by atoms with van der Waals surface area (Å²) in [7, 11) is -3.69. The van der Waals surface area contributed by atoms with Gasteiger partial charge in [-0.25, -0.2) is 12.7 Å². The highest BCUT2D eigenvalue weighted by atomic mass is 35.5. The molecule has 4 nitrogen and oxygen atoms in total. The number of hydrogen-bond acceptors (Lipinski definition) is 3. The maximum Gasteiger partial charge on any atom is 0.273 e. The molecule has 2 aromatic carbocycles. The number of anilines is 1. The van der Waals surface area contributed by atoms with Crippen molar-refractivity contribution >= 4 is 33.2 Å². The second-order valence-electron chi connectivity index (χ2n) is 4.43. The van der Waals surface area contributed by atoms with Gasteiger partial charge in [-0.05, 0) is 23.8 Å². The third-order valence-electron chi connectivity index (χ3n) is 3.12. The smallest absolute Gasteiger partial charge is 0.268 e. The molecular weight excluding hydrogens is 298 g/mol. The Balaban J connectivity index is 2.14. The van der Waals surface area contributed by atoms with E-state index < -0.39 is 15.9 Å². The van der Waals surface area contributed by atoms with Gasteiger partial charge in [-0.3, -0.25) is 4.79 Å². The SMILES string of the molecule is O=C(c1ccccc1Cl)N1c2ccccc2CS1(=O)=O. The van der Waals surface area contributed by atoms with Crippen LogP contribution in [0.4, 0.5) is 5.69 Å². The van der Waals surface area contributed by atoms with Gasteiger partial charge < -0.3 is 0 Å². The first-order valence-electron chi connectivity index (χ1n) is 5.90.